The summed E-state index contributed by atoms with van der Waals surface area (Å²) < 4.78 is 4.81. The molecule has 1 aromatic carbocycles. The van der Waals surface area contributed by atoms with Crippen molar-refractivity contribution in [2.75, 3.05) is 11.9 Å². The summed E-state index contributed by atoms with van der Waals surface area (Å²) in [4.78, 5) is 37.2. The standard InChI is InChI=1S/C14H10ClN3O5/c15-12-5-4-9(7-16-12)14(20)23-8-13(19)17-10-2-1-3-11(6-10)18(21)22/h1-7H,8H2,(H,17,19). The number of nitrogens with one attached hydrogen (secondary N) is 1. The molecule has 0 fully saturated rings. The molecule has 0 aliphatic carbocycles. The van der Waals surface area contributed by atoms with Gasteiger partial charge in [0.1, 0.15) is 5.15 Å². The fourth-order valence-electron chi connectivity index (χ4n) is 1.61. The zero-order valence-electron chi connectivity index (χ0n) is 11.6. The minimum atomic E-state index is -0.733. The number of hydrogen-bond acceptors (Lipinski definition) is 6. The second-order valence-electron chi connectivity index (χ2n) is 4.30. The van der Waals surface area contributed by atoms with Crippen LogP contribution in [0.15, 0.2) is 42.6 Å². The molecule has 23 heavy (non-hydrogen) atoms. The molecule has 0 atom stereocenters. The Morgan fingerprint density at radius 2 is 2.09 bits per heavy atom. The van der Waals surface area contributed by atoms with E-state index >= 15 is 0 Å². The lowest BCUT2D eigenvalue weighted by molar-refractivity contribution is -0.384. The molecule has 8 nitrogen and oxygen atoms in total. The molecule has 2 aromatic rings. The number of pyridine rings is 1. The highest BCUT2D eigenvalue weighted by Gasteiger charge is 2.12. The minimum Gasteiger partial charge on any atom is -0.452 e. The highest BCUT2D eigenvalue weighted by molar-refractivity contribution is 6.29. The molecule has 1 aromatic heterocycles. The largest absolute Gasteiger partial charge is 0.452 e. The second-order valence-corrected chi connectivity index (χ2v) is 4.69. The van der Waals surface area contributed by atoms with Gasteiger partial charge in [0.05, 0.1) is 10.5 Å². The van der Waals surface area contributed by atoms with E-state index in [9.17, 15) is 19.7 Å². The average molecular weight is 336 g/mol. The molecule has 0 saturated carbocycles. The van der Waals surface area contributed by atoms with Crippen LogP contribution in [0.1, 0.15) is 10.4 Å². The van der Waals surface area contributed by atoms with Gasteiger partial charge in [-0.3, -0.25) is 14.9 Å². The molecule has 1 heterocycles. The monoisotopic (exact) mass is 335 g/mol. The lowest BCUT2D eigenvalue weighted by Gasteiger charge is -2.06. The molecule has 1 amide bonds. The van der Waals surface area contributed by atoms with Crippen LogP contribution in [-0.2, 0) is 9.53 Å². The summed E-state index contributed by atoms with van der Waals surface area (Å²) in [5.41, 5.74) is 0.220. The average Bonchev–Trinajstić information content (AvgIpc) is 2.53. The topological polar surface area (TPSA) is 111 Å². The maximum Gasteiger partial charge on any atom is 0.340 e. The SMILES string of the molecule is O=C(COC(=O)c1ccc(Cl)nc1)Nc1cccc([N+](=O)[O-])c1. The van der Waals surface area contributed by atoms with Crippen molar-refractivity contribution in [3.8, 4) is 0 Å². The van der Waals surface area contributed by atoms with Crippen LogP contribution >= 0.6 is 11.6 Å². The number of halogens is 1. The highest BCUT2D eigenvalue weighted by Crippen LogP contribution is 2.16. The number of ether oxygens (including phenoxy) is 1. The van der Waals surface area contributed by atoms with E-state index in [2.05, 4.69) is 10.3 Å². The van der Waals surface area contributed by atoms with E-state index in [4.69, 9.17) is 16.3 Å². The first kappa shape index (κ1) is 16.4. The molecule has 2 rings (SSSR count). The van der Waals surface area contributed by atoms with Crippen LogP contribution in [0.4, 0.5) is 11.4 Å². The van der Waals surface area contributed by atoms with Crippen molar-refractivity contribution in [3.63, 3.8) is 0 Å². The zero-order valence-corrected chi connectivity index (χ0v) is 12.3. The van der Waals surface area contributed by atoms with E-state index in [0.717, 1.165) is 0 Å². The van der Waals surface area contributed by atoms with Gasteiger partial charge < -0.3 is 10.1 Å². The van der Waals surface area contributed by atoms with Crippen molar-refractivity contribution in [1.82, 2.24) is 4.98 Å². The van der Waals surface area contributed by atoms with Gasteiger partial charge in [0.2, 0.25) is 0 Å². The number of non-ortho nitro benzene ring substituents is 1. The Morgan fingerprint density at radius 3 is 2.74 bits per heavy atom. The van der Waals surface area contributed by atoms with E-state index in [1.807, 2.05) is 0 Å². The predicted octanol–water partition coefficient (Wildman–Crippen LogP) is 2.44. The van der Waals surface area contributed by atoms with Gasteiger partial charge in [-0.1, -0.05) is 17.7 Å². The van der Waals surface area contributed by atoms with E-state index in [-0.39, 0.29) is 22.1 Å². The summed E-state index contributed by atoms with van der Waals surface area (Å²) in [5.74, 6) is -1.36. The van der Waals surface area contributed by atoms with Crippen LogP contribution in [0.2, 0.25) is 5.15 Å². The first-order chi connectivity index (χ1) is 11.0. The Hall–Kier alpha value is -3.00. The van der Waals surface area contributed by atoms with E-state index < -0.39 is 23.4 Å². The third-order valence-corrected chi connectivity index (χ3v) is 2.86. The number of anilines is 1. The fraction of sp³-hybridized carbons (Fsp3) is 0.0714. The summed E-state index contributed by atoms with van der Waals surface area (Å²) in [5, 5.41) is 13.3. The third kappa shape index (κ3) is 4.75. The van der Waals surface area contributed by atoms with E-state index in [0.29, 0.717) is 0 Å². The van der Waals surface area contributed by atoms with Crippen molar-refractivity contribution >= 4 is 34.9 Å². The molecule has 9 heteroatoms. The van der Waals surface area contributed by atoms with Gasteiger partial charge in [0.15, 0.2) is 6.61 Å². The van der Waals surface area contributed by atoms with E-state index in [1.54, 1.807) is 0 Å². The first-order valence-electron chi connectivity index (χ1n) is 6.28. The number of carbonyl (C=O) groups is 2. The summed E-state index contributed by atoms with van der Waals surface area (Å²) in [6.07, 6.45) is 1.23. The molecule has 0 radical (unpaired) electrons. The Bertz CT molecular complexity index is 748. The number of aromatic nitrogens is 1. The number of nitrogens with zero attached hydrogens (tertiary/aromatic N) is 2. The third-order valence-electron chi connectivity index (χ3n) is 2.64. The maximum atomic E-state index is 11.7. The van der Waals surface area contributed by atoms with Gasteiger partial charge in [0.25, 0.3) is 11.6 Å². The van der Waals surface area contributed by atoms with Crippen molar-refractivity contribution in [3.05, 3.63) is 63.4 Å². The van der Waals surface area contributed by atoms with Gasteiger partial charge in [-0.15, -0.1) is 0 Å². The number of amides is 1. The van der Waals surface area contributed by atoms with Crippen LogP contribution in [0.25, 0.3) is 0 Å². The number of hydrogen-bond donors (Lipinski definition) is 1. The van der Waals surface area contributed by atoms with Crippen LogP contribution in [-0.4, -0.2) is 28.4 Å². The second kappa shape index (κ2) is 7.32. The maximum absolute atomic E-state index is 11.7. The van der Waals surface area contributed by atoms with Crippen molar-refractivity contribution < 1.29 is 19.2 Å². The molecule has 1 N–H and O–H groups in total. The number of rotatable bonds is 5. The van der Waals surface area contributed by atoms with Gasteiger partial charge in [-0.25, -0.2) is 9.78 Å². The highest BCUT2D eigenvalue weighted by atomic mass is 35.5. The van der Waals surface area contributed by atoms with Gasteiger partial charge >= 0.3 is 5.97 Å². The lowest BCUT2D eigenvalue weighted by Crippen LogP contribution is -2.21. The Kier molecular flexibility index (Phi) is 5.21. The smallest absolute Gasteiger partial charge is 0.340 e. The number of nitro benzene ring substituents is 1. The van der Waals surface area contributed by atoms with Gasteiger partial charge in [-0.2, -0.15) is 0 Å². The van der Waals surface area contributed by atoms with Crippen LogP contribution in [0.5, 0.6) is 0 Å². The Morgan fingerprint density at radius 1 is 1.30 bits per heavy atom. The molecule has 0 aliphatic heterocycles. The number of carbonyl (C=O) groups excluding carboxylic acids is 2. The quantitative estimate of drug-likeness (QED) is 0.389. The Labute approximate surface area is 135 Å². The summed E-state index contributed by atoms with van der Waals surface area (Å²) in [6.45, 7) is -0.538. The summed E-state index contributed by atoms with van der Waals surface area (Å²) in [7, 11) is 0. The molecule has 0 spiro atoms. The van der Waals surface area contributed by atoms with Crippen LogP contribution in [0.3, 0.4) is 0 Å². The van der Waals surface area contributed by atoms with Crippen LogP contribution < -0.4 is 5.32 Å². The summed E-state index contributed by atoms with van der Waals surface area (Å²) >= 11 is 5.59. The normalized spacial score (nSPS) is 9.96. The molecular weight excluding hydrogens is 326 g/mol. The summed E-state index contributed by atoms with van der Waals surface area (Å²) in [6, 6.07) is 8.23. The fourth-order valence-corrected chi connectivity index (χ4v) is 1.72. The van der Waals surface area contributed by atoms with Gasteiger partial charge in [0, 0.05) is 24.0 Å². The molecular formula is C14H10ClN3O5. The zero-order chi connectivity index (χ0) is 16.8. The number of esters is 1. The predicted molar refractivity (Wildman–Crippen MR) is 81.3 cm³/mol. The number of benzene rings is 1. The Balaban J connectivity index is 1.90. The van der Waals surface area contributed by atoms with Crippen molar-refractivity contribution in [1.29, 1.82) is 0 Å². The molecule has 0 bridgehead atoms. The number of nitro groups is 1. The first-order valence-corrected chi connectivity index (χ1v) is 6.66. The van der Waals surface area contributed by atoms with Gasteiger partial charge in [-0.05, 0) is 18.2 Å². The molecule has 118 valence electrons. The molecule has 0 saturated heterocycles. The minimum absolute atomic E-state index is 0.151. The van der Waals surface area contributed by atoms with Crippen molar-refractivity contribution in [2.45, 2.75) is 0 Å². The lowest BCUT2D eigenvalue weighted by atomic mass is 10.3. The van der Waals surface area contributed by atoms with Crippen LogP contribution in [0, 0.1) is 10.1 Å². The molecule has 0 unspecified atom stereocenters. The van der Waals surface area contributed by atoms with E-state index in [1.165, 1.54) is 42.6 Å². The molecule has 0 aliphatic rings. The van der Waals surface area contributed by atoms with Crippen molar-refractivity contribution in [2.24, 2.45) is 0 Å².